The van der Waals surface area contributed by atoms with Crippen LogP contribution in [0.5, 0.6) is 0 Å². The summed E-state index contributed by atoms with van der Waals surface area (Å²) in [6.45, 7) is 0. The van der Waals surface area contributed by atoms with Gasteiger partial charge in [0.25, 0.3) is 0 Å². The fourth-order valence-electron chi connectivity index (χ4n) is 11.1. The van der Waals surface area contributed by atoms with Gasteiger partial charge in [-0.05, 0) is 151 Å². The number of benzene rings is 10. The lowest BCUT2D eigenvalue weighted by molar-refractivity contribution is 0.795. The average molecular weight is 854 g/mol. The summed E-state index contributed by atoms with van der Waals surface area (Å²) in [5.41, 5.74) is 20.6. The first-order valence-electron chi connectivity index (χ1n) is 23.0. The van der Waals surface area contributed by atoms with Crippen LogP contribution in [-0.2, 0) is 5.41 Å². The van der Waals surface area contributed by atoms with Crippen LogP contribution in [0.3, 0.4) is 0 Å². The average Bonchev–Trinajstić information content (AvgIpc) is 3.88. The van der Waals surface area contributed by atoms with E-state index < -0.39 is 5.41 Å². The zero-order valence-electron chi connectivity index (χ0n) is 36.7. The number of nitrogens with zero attached hydrogens (tertiary/aromatic N) is 3. The molecule has 0 saturated carbocycles. The number of fused-ring (bicyclic) bond motifs is 12. The zero-order chi connectivity index (χ0) is 44.3. The fraction of sp³-hybridized carbons (Fsp3) is 0.0156. The molecule has 0 fully saturated rings. The molecule has 1 aromatic heterocycles. The van der Waals surface area contributed by atoms with Gasteiger partial charge in [0.1, 0.15) is 0 Å². The highest BCUT2D eigenvalue weighted by Gasteiger charge is 2.52. The molecular weight excluding hydrogens is 811 g/mol. The topological polar surface area (TPSA) is 19.4 Å². The maximum absolute atomic E-state index is 5.33. The minimum Gasteiger partial charge on any atom is -0.311 e. The van der Waals surface area contributed by atoms with Gasteiger partial charge in [0.2, 0.25) is 0 Å². The summed E-state index contributed by atoms with van der Waals surface area (Å²) in [4.78, 5) is 9.92. The largest absolute Gasteiger partial charge is 0.311 e. The first-order valence-corrected chi connectivity index (χ1v) is 23.0. The van der Waals surface area contributed by atoms with Gasteiger partial charge in [0.15, 0.2) is 0 Å². The van der Waals surface area contributed by atoms with Gasteiger partial charge in [0.05, 0.1) is 23.0 Å². The van der Waals surface area contributed by atoms with Crippen molar-refractivity contribution in [3.05, 3.63) is 283 Å². The lowest BCUT2D eigenvalue weighted by atomic mass is 9.70. The van der Waals surface area contributed by atoms with E-state index in [0.29, 0.717) is 0 Å². The van der Waals surface area contributed by atoms with Crippen molar-refractivity contribution in [1.82, 2.24) is 4.98 Å². The monoisotopic (exact) mass is 853 g/mol. The molecule has 11 aromatic rings. The Bertz CT molecular complexity index is 3530. The minimum absolute atomic E-state index is 0.554. The van der Waals surface area contributed by atoms with Crippen molar-refractivity contribution in [2.24, 2.45) is 0 Å². The molecule has 1 unspecified atom stereocenters. The van der Waals surface area contributed by atoms with Crippen LogP contribution in [0.25, 0.3) is 55.4 Å². The number of hydrogen-bond acceptors (Lipinski definition) is 3. The Morgan fingerprint density at radius 2 is 0.776 bits per heavy atom. The minimum atomic E-state index is -0.554. The molecule has 3 nitrogen and oxygen atoms in total. The van der Waals surface area contributed by atoms with Crippen molar-refractivity contribution in [1.29, 1.82) is 0 Å². The second-order valence-corrected chi connectivity index (χ2v) is 17.5. The Morgan fingerprint density at radius 1 is 0.299 bits per heavy atom. The maximum atomic E-state index is 5.33. The maximum Gasteiger partial charge on any atom is 0.0726 e. The highest BCUT2D eigenvalue weighted by atomic mass is 15.1. The summed E-state index contributed by atoms with van der Waals surface area (Å²) in [6.07, 6.45) is 2.02. The summed E-state index contributed by atoms with van der Waals surface area (Å²) in [7, 11) is 0. The van der Waals surface area contributed by atoms with Crippen molar-refractivity contribution >= 4 is 44.9 Å². The molecule has 1 atom stereocenters. The van der Waals surface area contributed by atoms with Gasteiger partial charge in [-0.2, -0.15) is 0 Å². The van der Waals surface area contributed by atoms with E-state index >= 15 is 0 Å². The van der Waals surface area contributed by atoms with Crippen LogP contribution in [0.2, 0.25) is 0 Å². The molecule has 0 radical (unpaired) electrons. The summed E-state index contributed by atoms with van der Waals surface area (Å²) >= 11 is 0. The number of rotatable bonds is 8. The Kier molecular flexibility index (Phi) is 9.07. The lowest BCUT2D eigenvalue weighted by Crippen LogP contribution is -2.26. The van der Waals surface area contributed by atoms with E-state index in [0.717, 1.165) is 50.9 Å². The number of hydrogen-bond donors (Lipinski definition) is 0. The number of anilines is 6. The van der Waals surface area contributed by atoms with E-state index in [2.05, 4.69) is 265 Å². The second-order valence-electron chi connectivity index (χ2n) is 17.5. The highest BCUT2D eigenvalue weighted by Crippen LogP contribution is 2.65. The lowest BCUT2D eigenvalue weighted by Gasteiger charge is -2.31. The van der Waals surface area contributed by atoms with E-state index in [4.69, 9.17) is 4.98 Å². The van der Waals surface area contributed by atoms with Crippen molar-refractivity contribution in [3.8, 4) is 44.6 Å². The summed E-state index contributed by atoms with van der Waals surface area (Å²) in [5.74, 6) is 0. The molecule has 0 saturated heterocycles. The molecule has 13 rings (SSSR count). The molecular formula is C64H43N3. The molecule has 2 aliphatic rings. The highest BCUT2D eigenvalue weighted by molar-refractivity contribution is 6.08. The fourth-order valence-corrected chi connectivity index (χ4v) is 11.1. The Morgan fingerprint density at radius 3 is 1.34 bits per heavy atom. The van der Waals surface area contributed by atoms with Crippen LogP contribution in [0.15, 0.2) is 261 Å². The smallest absolute Gasteiger partial charge is 0.0726 e. The normalized spacial score (nSPS) is 14.0. The van der Waals surface area contributed by atoms with E-state index in [1.54, 1.807) is 0 Å². The molecule has 1 heterocycles. The van der Waals surface area contributed by atoms with Crippen molar-refractivity contribution in [2.75, 3.05) is 9.80 Å². The van der Waals surface area contributed by atoms with Crippen molar-refractivity contribution in [3.63, 3.8) is 0 Å². The van der Waals surface area contributed by atoms with Gasteiger partial charge < -0.3 is 9.80 Å². The van der Waals surface area contributed by atoms with E-state index in [9.17, 15) is 0 Å². The molecule has 314 valence electrons. The molecule has 0 N–H and O–H groups in total. The zero-order valence-corrected chi connectivity index (χ0v) is 36.7. The van der Waals surface area contributed by atoms with Crippen LogP contribution in [0.1, 0.15) is 22.3 Å². The molecule has 10 aromatic carbocycles. The van der Waals surface area contributed by atoms with Crippen LogP contribution >= 0.6 is 0 Å². The Hall–Kier alpha value is -8.79. The van der Waals surface area contributed by atoms with Crippen LogP contribution in [-0.4, -0.2) is 4.98 Å². The summed E-state index contributed by atoms with van der Waals surface area (Å²) < 4.78 is 0. The third-order valence-corrected chi connectivity index (χ3v) is 13.9. The first kappa shape index (κ1) is 38.6. The molecule has 0 amide bonds. The number of aromatic nitrogens is 1. The van der Waals surface area contributed by atoms with E-state index in [1.807, 2.05) is 6.20 Å². The van der Waals surface area contributed by atoms with Gasteiger partial charge in [-0.15, -0.1) is 0 Å². The van der Waals surface area contributed by atoms with Crippen molar-refractivity contribution in [2.45, 2.75) is 5.41 Å². The quantitative estimate of drug-likeness (QED) is 0.152. The standard InChI is InChI=1S/C64H43N3/c1-5-20-47(21-6-1)66(48-22-7-2-8-23-48)51-36-33-45(34-37-51)56-41-46(61-40-38-52(43-65-61)67(49-24-9-3-10-25-49)50-26-11-4-12-27-50)42-60-63(56)55-30-16-18-32-58(55)64(60)57-31-17-15-29-54(57)62-53-28-14-13-19-44(53)35-39-59(62)64/h1-43H. The summed E-state index contributed by atoms with van der Waals surface area (Å²) in [6, 6.07) is 92.5. The molecule has 1 spiro atoms. The third-order valence-electron chi connectivity index (χ3n) is 13.9. The second kappa shape index (κ2) is 15.7. The number of pyridine rings is 1. The molecule has 2 aliphatic carbocycles. The van der Waals surface area contributed by atoms with E-state index in [1.165, 1.54) is 60.8 Å². The Balaban J connectivity index is 1.05. The van der Waals surface area contributed by atoms with Crippen LogP contribution in [0, 0.1) is 0 Å². The molecule has 0 bridgehead atoms. The van der Waals surface area contributed by atoms with E-state index in [-0.39, 0.29) is 0 Å². The van der Waals surface area contributed by atoms with Gasteiger partial charge in [-0.25, -0.2) is 0 Å². The SMILES string of the molecule is c1ccc(N(c2ccccc2)c2ccc(-c3cc(-c4ccc(N(c5ccccc5)c5ccccc5)cn4)cc4c3-c3ccccc3C43c4ccccc4-c4c3ccc3ccccc43)cc2)cc1. The van der Waals surface area contributed by atoms with Gasteiger partial charge in [-0.1, -0.05) is 170 Å². The summed E-state index contributed by atoms with van der Waals surface area (Å²) in [5, 5.41) is 2.53. The Labute approximate surface area is 391 Å². The van der Waals surface area contributed by atoms with Gasteiger partial charge >= 0.3 is 0 Å². The third kappa shape index (κ3) is 6.09. The van der Waals surface area contributed by atoms with Crippen LogP contribution < -0.4 is 9.80 Å². The molecule has 67 heavy (non-hydrogen) atoms. The number of para-hydroxylation sites is 4. The molecule has 0 aliphatic heterocycles. The van der Waals surface area contributed by atoms with Crippen molar-refractivity contribution < 1.29 is 0 Å². The first-order chi connectivity index (χ1) is 33.3. The van der Waals surface area contributed by atoms with Crippen LogP contribution in [0.4, 0.5) is 34.1 Å². The van der Waals surface area contributed by atoms with Gasteiger partial charge in [-0.3, -0.25) is 4.98 Å². The predicted octanol–water partition coefficient (Wildman–Crippen LogP) is 16.9. The predicted molar refractivity (Wildman–Crippen MR) is 278 cm³/mol. The molecule has 3 heteroatoms. The van der Waals surface area contributed by atoms with Gasteiger partial charge in [0, 0.05) is 34.0 Å².